The molecule has 8 heteroatoms. The van der Waals surface area contributed by atoms with E-state index < -0.39 is 17.5 Å². The topological polar surface area (TPSA) is 109 Å². The predicted octanol–water partition coefficient (Wildman–Crippen LogP) is 2.53. The van der Waals surface area contributed by atoms with Crippen LogP contribution < -0.4 is 5.56 Å². The molecule has 0 radical (unpaired) electrons. The van der Waals surface area contributed by atoms with E-state index in [2.05, 4.69) is 4.98 Å². The lowest BCUT2D eigenvalue weighted by molar-refractivity contribution is -0.137. The largest absolute Gasteiger partial charge is 0.481 e. The van der Waals surface area contributed by atoms with Crippen molar-refractivity contribution in [2.24, 2.45) is 0 Å². The molecule has 26 heavy (non-hydrogen) atoms. The van der Waals surface area contributed by atoms with Crippen LogP contribution in [0, 0.1) is 6.92 Å². The fourth-order valence-corrected chi connectivity index (χ4v) is 3.84. The zero-order valence-electron chi connectivity index (χ0n) is 13.9. The Morgan fingerprint density at radius 3 is 2.50 bits per heavy atom. The standard InChI is InChI=1S/C18H16N2O5S/c1-10-14-16(26-15(10)18(24)25)19-12(9-11-5-3-2-4-6-11)20(17(14)23)8-7-13(21)22/h2-6H,7-9H2,1H3,(H,21,22)(H,24,25). The Kier molecular flexibility index (Phi) is 4.85. The number of aryl methyl sites for hydroxylation is 1. The molecule has 2 heterocycles. The number of aromatic nitrogens is 2. The van der Waals surface area contributed by atoms with Crippen LogP contribution in [0.1, 0.15) is 33.0 Å². The number of hydrogen-bond donors (Lipinski definition) is 2. The first-order valence-corrected chi connectivity index (χ1v) is 8.72. The van der Waals surface area contributed by atoms with Gasteiger partial charge in [0.2, 0.25) is 0 Å². The molecule has 0 bridgehead atoms. The number of hydrogen-bond acceptors (Lipinski definition) is 5. The summed E-state index contributed by atoms with van der Waals surface area (Å²) in [5, 5.41) is 18.5. The molecule has 0 spiro atoms. The van der Waals surface area contributed by atoms with Gasteiger partial charge in [-0.25, -0.2) is 9.78 Å². The van der Waals surface area contributed by atoms with Crippen molar-refractivity contribution in [3.8, 4) is 0 Å². The second-order valence-electron chi connectivity index (χ2n) is 5.83. The van der Waals surface area contributed by atoms with Crippen molar-refractivity contribution in [3.63, 3.8) is 0 Å². The molecule has 7 nitrogen and oxygen atoms in total. The van der Waals surface area contributed by atoms with Gasteiger partial charge in [-0.15, -0.1) is 11.3 Å². The summed E-state index contributed by atoms with van der Waals surface area (Å²) in [6, 6.07) is 9.39. The van der Waals surface area contributed by atoms with Crippen LogP contribution in [0.2, 0.25) is 0 Å². The van der Waals surface area contributed by atoms with Gasteiger partial charge in [0.25, 0.3) is 5.56 Å². The second-order valence-corrected chi connectivity index (χ2v) is 6.83. The second kappa shape index (κ2) is 7.09. The minimum absolute atomic E-state index is 0.0169. The number of carboxylic acid groups (broad SMARTS) is 2. The van der Waals surface area contributed by atoms with E-state index >= 15 is 0 Å². The molecular formula is C18H16N2O5S. The number of rotatable bonds is 6. The van der Waals surface area contributed by atoms with E-state index in [0.717, 1.165) is 16.9 Å². The van der Waals surface area contributed by atoms with Crippen molar-refractivity contribution in [3.05, 3.63) is 62.5 Å². The SMILES string of the molecule is Cc1c(C(=O)O)sc2nc(Cc3ccccc3)n(CCC(=O)O)c(=O)c12. The summed E-state index contributed by atoms with van der Waals surface area (Å²) in [6.07, 6.45) is 0.134. The first kappa shape index (κ1) is 17.8. The third-order valence-electron chi connectivity index (χ3n) is 4.08. The van der Waals surface area contributed by atoms with E-state index in [1.54, 1.807) is 6.92 Å². The van der Waals surface area contributed by atoms with Gasteiger partial charge >= 0.3 is 11.9 Å². The molecule has 1 aromatic carbocycles. The third kappa shape index (κ3) is 3.36. The van der Waals surface area contributed by atoms with E-state index in [9.17, 15) is 19.5 Å². The van der Waals surface area contributed by atoms with Crippen molar-refractivity contribution < 1.29 is 19.8 Å². The van der Waals surface area contributed by atoms with Crippen molar-refractivity contribution in [2.45, 2.75) is 26.3 Å². The van der Waals surface area contributed by atoms with Crippen LogP contribution in [0.15, 0.2) is 35.1 Å². The Morgan fingerprint density at radius 2 is 1.88 bits per heavy atom. The Bertz CT molecular complexity index is 1050. The molecule has 0 aliphatic carbocycles. The smallest absolute Gasteiger partial charge is 0.346 e. The number of nitrogens with zero attached hydrogens (tertiary/aromatic N) is 2. The van der Waals surface area contributed by atoms with Crippen LogP contribution in [-0.2, 0) is 17.8 Å². The van der Waals surface area contributed by atoms with Crippen LogP contribution >= 0.6 is 11.3 Å². The molecule has 3 rings (SSSR count). The van der Waals surface area contributed by atoms with Gasteiger partial charge in [0.1, 0.15) is 15.5 Å². The number of aromatic carboxylic acids is 1. The summed E-state index contributed by atoms with van der Waals surface area (Å²) in [6.45, 7) is 1.56. The van der Waals surface area contributed by atoms with E-state index in [0.29, 0.717) is 22.6 Å². The van der Waals surface area contributed by atoms with E-state index in [1.165, 1.54) is 4.57 Å². The fraction of sp³-hybridized carbons (Fsp3) is 0.222. The highest BCUT2D eigenvalue weighted by Crippen LogP contribution is 2.27. The van der Waals surface area contributed by atoms with Crippen molar-refractivity contribution in [1.82, 2.24) is 9.55 Å². The highest BCUT2D eigenvalue weighted by Gasteiger charge is 2.21. The number of thiophene rings is 1. The van der Waals surface area contributed by atoms with Gasteiger partial charge < -0.3 is 10.2 Å². The quantitative estimate of drug-likeness (QED) is 0.688. The van der Waals surface area contributed by atoms with Crippen molar-refractivity contribution in [1.29, 1.82) is 0 Å². The Balaban J connectivity index is 2.20. The van der Waals surface area contributed by atoms with Crippen molar-refractivity contribution >= 4 is 33.5 Å². The molecule has 0 atom stereocenters. The average Bonchev–Trinajstić information content (AvgIpc) is 2.92. The molecule has 0 unspecified atom stereocenters. The van der Waals surface area contributed by atoms with Gasteiger partial charge in [-0.2, -0.15) is 0 Å². The Hall–Kier alpha value is -3.00. The predicted molar refractivity (Wildman–Crippen MR) is 97.1 cm³/mol. The highest BCUT2D eigenvalue weighted by atomic mass is 32.1. The normalized spacial score (nSPS) is 11.0. The van der Waals surface area contributed by atoms with Gasteiger partial charge in [-0.1, -0.05) is 30.3 Å². The average molecular weight is 372 g/mol. The molecule has 0 fully saturated rings. The first-order chi connectivity index (χ1) is 12.4. The lowest BCUT2D eigenvalue weighted by atomic mass is 10.1. The molecular weight excluding hydrogens is 356 g/mol. The van der Waals surface area contributed by atoms with Crippen LogP contribution in [0.25, 0.3) is 10.2 Å². The van der Waals surface area contributed by atoms with Gasteiger partial charge in [-0.3, -0.25) is 14.2 Å². The van der Waals surface area contributed by atoms with Crippen molar-refractivity contribution in [2.75, 3.05) is 0 Å². The summed E-state index contributed by atoms with van der Waals surface area (Å²) >= 11 is 0.964. The third-order valence-corrected chi connectivity index (χ3v) is 5.25. The molecule has 0 saturated heterocycles. The summed E-state index contributed by atoms with van der Waals surface area (Å²) in [7, 11) is 0. The molecule has 134 valence electrons. The molecule has 0 aliphatic rings. The summed E-state index contributed by atoms with van der Waals surface area (Å²) in [5.41, 5.74) is 0.892. The highest BCUT2D eigenvalue weighted by molar-refractivity contribution is 7.20. The molecule has 0 aliphatic heterocycles. The summed E-state index contributed by atoms with van der Waals surface area (Å²) < 4.78 is 1.34. The summed E-state index contributed by atoms with van der Waals surface area (Å²) in [5.74, 6) is -1.70. The minimum Gasteiger partial charge on any atom is -0.481 e. The van der Waals surface area contributed by atoms with Crippen LogP contribution in [-0.4, -0.2) is 31.7 Å². The van der Waals surface area contributed by atoms with Crippen LogP contribution in [0.5, 0.6) is 0 Å². The molecule has 3 aromatic rings. The van der Waals surface area contributed by atoms with Gasteiger partial charge in [-0.05, 0) is 18.1 Å². The van der Waals surface area contributed by atoms with E-state index in [1.807, 2.05) is 30.3 Å². The lowest BCUT2D eigenvalue weighted by Crippen LogP contribution is -2.26. The number of fused-ring (bicyclic) bond motifs is 1. The van der Waals surface area contributed by atoms with Crippen LogP contribution in [0.3, 0.4) is 0 Å². The number of carbonyl (C=O) groups is 2. The lowest BCUT2D eigenvalue weighted by Gasteiger charge is -2.12. The first-order valence-electron chi connectivity index (χ1n) is 7.90. The van der Waals surface area contributed by atoms with Crippen LogP contribution in [0.4, 0.5) is 0 Å². The maximum absolute atomic E-state index is 13.0. The maximum atomic E-state index is 13.0. The fourth-order valence-electron chi connectivity index (χ4n) is 2.81. The van der Waals surface area contributed by atoms with E-state index in [4.69, 9.17) is 5.11 Å². The Morgan fingerprint density at radius 1 is 1.19 bits per heavy atom. The molecule has 2 aromatic heterocycles. The van der Waals surface area contributed by atoms with Gasteiger partial charge in [0.15, 0.2) is 0 Å². The number of carboxylic acids is 2. The number of aliphatic carboxylic acids is 1. The maximum Gasteiger partial charge on any atom is 0.346 e. The Labute approximate surface area is 152 Å². The molecule has 0 amide bonds. The zero-order chi connectivity index (χ0) is 18.8. The molecule has 2 N–H and O–H groups in total. The summed E-state index contributed by atoms with van der Waals surface area (Å²) in [4.78, 5) is 40.2. The van der Waals surface area contributed by atoms with E-state index in [-0.39, 0.29) is 23.2 Å². The zero-order valence-corrected chi connectivity index (χ0v) is 14.7. The molecule has 0 saturated carbocycles. The minimum atomic E-state index is -1.11. The van der Waals surface area contributed by atoms with Gasteiger partial charge in [0, 0.05) is 13.0 Å². The van der Waals surface area contributed by atoms with Gasteiger partial charge in [0.05, 0.1) is 11.8 Å². The number of benzene rings is 1. The monoisotopic (exact) mass is 372 g/mol.